The van der Waals surface area contributed by atoms with Crippen molar-refractivity contribution in [1.29, 1.82) is 0 Å². The van der Waals surface area contributed by atoms with Gasteiger partial charge in [-0.1, -0.05) is 18.2 Å². The molecule has 20 atom stereocenters. The lowest BCUT2D eigenvalue weighted by molar-refractivity contribution is -0.378. The van der Waals surface area contributed by atoms with Gasteiger partial charge < -0.3 is 116 Å². The lowest BCUT2D eigenvalue weighted by atomic mass is 9.80. The second-order valence-electron chi connectivity index (χ2n) is 18.1. The molecular weight excluding hydrogens is 997 g/mol. The highest BCUT2D eigenvalue weighted by atomic mass is 16.8. The number of amides is 3. The Kier molecular flexibility index (Phi) is 19.5. The highest BCUT2D eigenvalue weighted by Crippen LogP contribution is 2.41. The molecule has 30 nitrogen and oxygen atoms in total. The third-order valence-corrected chi connectivity index (χ3v) is 12.9. The number of rotatable bonds is 19. The molecule has 74 heavy (non-hydrogen) atoms. The number of nitrogens with two attached hydrogens (primary N) is 1. The van der Waals surface area contributed by atoms with Crippen LogP contribution in [-0.4, -0.2) is 243 Å². The summed E-state index contributed by atoms with van der Waals surface area (Å²) in [5.41, 5.74) is 4.89. The van der Waals surface area contributed by atoms with Crippen LogP contribution in [0.2, 0.25) is 0 Å². The summed E-state index contributed by atoms with van der Waals surface area (Å²) >= 11 is 0. The average Bonchev–Trinajstić information content (AvgIpc) is 3.36. The van der Waals surface area contributed by atoms with Crippen LogP contribution < -0.4 is 21.7 Å². The van der Waals surface area contributed by atoms with Crippen LogP contribution in [-0.2, 0) is 47.5 Å². The predicted octanol–water partition coefficient (Wildman–Crippen LogP) is -7.09. The summed E-state index contributed by atoms with van der Waals surface area (Å²) in [6, 6.07) is 3.61. The topological polar surface area (TPSA) is 481 Å². The Balaban J connectivity index is 1.48. The maximum atomic E-state index is 14.1. The van der Waals surface area contributed by atoms with Gasteiger partial charge in [-0.25, -0.2) is 9.59 Å². The van der Waals surface area contributed by atoms with Gasteiger partial charge in [-0.2, -0.15) is 9.97 Å². The first-order valence-electron chi connectivity index (χ1n) is 23.3. The van der Waals surface area contributed by atoms with Crippen LogP contribution in [0, 0.1) is 5.92 Å². The molecule has 3 amide bonds. The summed E-state index contributed by atoms with van der Waals surface area (Å²) in [5, 5.41) is 136. The van der Waals surface area contributed by atoms with Crippen LogP contribution in [0.25, 0.3) is 0 Å². The van der Waals surface area contributed by atoms with Gasteiger partial charge >= 0.3 is 17.9 Å². The van der Waals surface area contributed by atoms with Gasteiger partial charge in [0.2, 0.25) is 17.7 Å². The van der Waals surface area contributed by atoms with E-state index < -0.39 is 195 Å². The summed E-state index contributed by atoms with van der Waals surface area (Å²) in [6.45, 7) is -0.00134. The molecule has 17 N–H and O–H groups in total. The molecule has 3 saturated heterocycles. The first-order chi connectivity index (χ1) is 35.0. The standard InChI is InChI=1S/C44H62N6O24/c1-16-28(57)31(60)32(61)40(68-16)72-33-20(48-38(63)21-12-26(56)50-43(67)49-21)10-19(37(62)46-9-8-45)11-24(33)69-41-36(71-39(64)18-6-4-3-5-7-18)35(30(59)25(15-52)70-41)74-44(42(65)66)13-22(54)27(47-17(2)53)34(73-44)29(58)23(55)14-51/h3-7,12,16,19-20,22-25,27-36,40-41,51-52,54-55,57-61H,8-11,13-15,45H2,1-2H3,(H,46,62)(H,47,53)(H,48,63)(H,65,66)(H2,49,50,56,67)/t16?,19?,20?,22?,23-,24?,25?,27?,28?,29-,30?,31?,32?,33?,34?,35?,36?,40?,41?,44?/m1/s1. The van der Waals surface area contributed by atoms with Crippen molar-refractivity contribution in [2.24, 2.45) is 11.7 Å². The number of esters is 1. The van der Waals surface area contributed by atoms with Crippen LogP contribution in [0.5, 0.6) is 11.9 Å². The highest BCUT2D eigenvalue weighted by Gasteiger charge is 2.61. The SMILES string of the molecule is CC(=O)NC1C(O)CC(OC2C(O)C(CO)OC(OC3CC(C(=O)NCCN)CC(NC(=O)c4cc(O)nc(O)n4)C3OC3OC(C)C(O)C(O)C3O)C2OC(=O)c2ccccc2)(C(=O)O)OC1[C@H](O)[C@H](O)CO. The smallest absolute Gasteiger partial charge is 0.364 e. The van der Waals surface area contributed by atoms with Crippen molar-refractivity contribution in [1.82, 2.24) is 25.9 Å². The summed E-state index contributed by atoms with van der Waals surface area (Å²) in [5.74, 6) is -11.2. The number of ether oxygens (including phenoxy) is 7. The van der Waals surface area contributed by atoms with Crippen LogP contribution in [0.1, 0.15) is 54.0 Å². The number of aliphatic hydroxyl groups excluding tert-OH is 9. The van der Waals surface area contributed by atoms with E-state index in [9.17, 15) is 85.3 Å². The first-order valence-corrected chi connectivity index (χ1v) is 23.3. The molecule has 0 spiro atoms. The van der Waals surface area contributed by atoms with E-state index in [1.807, 2.05) is 0 Å². The number of aromatic hydroxyl groups is 2. The van der Waals surface area contributed by atoms with Crippen molar-refractivity contribution in [2.75, 3.05) is 26.3 Å². The fraction of sp³-hybridized carbons (Fsp3) is 0.659. The van der Waals surface area contributed by atoms with Crippen LogP contribution in [0.4, 0.5) is 0 Å². The minimum atomic E-state index is -3.24. The number of hydrogen-bond acceptors (Lipinski definition) is 26. The zero-order valence-electron chi connectivity index (χ0n) is 39.6. The van der Waals surface area contributed by atoms with Gasteiger partial charge in [0.05, 0.1) is 49.2 Å². The second kappa shape index (κ2) is 25.0. The number of aromatic nitrogens is 2. The van der Waals surface area contributed by atoms with Crippen molar-refractivity contribution in [3.8, 4) is 11.9 Å². The number of nitrogens with zero attached hydrogens (tertiary/aromatic N) is 2. The lowest BCUT2D eigenvalue weighted by Crippen LogP contribution is -2.71. The Morgan fingerprint density at radius 2 is 1.58 bits per heavy atom. The Morgan fingerprint density at radius 1 is 0.878 bits per heavy atom. The predicted molar refractivity (Wildman–Crippen MR) is 238 cm³/mol. The normalized spacial score (nSPS) is 36.1. The minimum absolute atomic E-state index is 0.0287. The second-order valence-corrected chi connectivity index (χ2v) is 18.1. The van der Waals surface area contributed by atoms with E-state index in [0.29, 0.717) is 0 Å². The van der Waals surface area contributed by atoms with E-state index >= 15 is 0 Å². The Hall–Kier alpha value is -5.39. The molecular formula is C44H62N6O24. The number of aliphatic carboxylic acids is 1. The summed E-state index contributed by atoms with van der Waals surface area (Å²) < 4.78 is 42.4. The van der Waals surface area contributed by atoms with Gasteiger partial charge in [-0.05, 0) is 31.9 Å². The number of aliphatic hydroxyl groups is 9. The molecule has 30 heteroatoms. The zero-order valence-corrected chi connectivity index (χ0v) is 39.6. The number of carbonyl (C=O) groups excluding carboxylic acids is 4. The van der Waals surface area contributed by atoms with Gasteiger partial charge in [-0.3, -0.25) is 14.4 Å². The molecule has 1 aromatic heterocycles. The third-order valence-electron chi connectivity index (χ3n) is 12.9. The number of benzene rings is 1. The molecule has 0 radical (unpaired) electrons. The molecule has 0 bridgehead atoms. The van der Waals surface area contributed by atoms with Crippen LogP contribution in [0.15, 0.2) is 36.4 Å². The van der Waals surface area contributed by atoms with Crippen LogP contribution in [0.3, 0.4) is 0 Å². The highest BCUT2D eigenvalue weighted by molar-refractivity contribution is 5.93. The molecule has 2 aromatic rings. The molecule has 1 aliphatic carbocycles. The van der Waals surface area contributed by atoms with E-state index in [4.69, 9.17) is 38.9 Å². The van der Waals surface area contributed by atoms with Gasteiger partial charge in [0.25, 0.3) is 11.7 Å². The monoisotopic (exact) mass is 1060 g/mol. The number of carbonyl (C=O) groups is 5. The zero-order chi connectivity index (χ0) is 54.3. The number of nitrogens with one attached hydrogen (secondary N) is 3. The largest absolute Gasteiger partial charge is 0.493 e. The molecule has 4 heterocycles. The van der Waals surface area contributed by atoms with Crippen molar-refractivity contribution in [3.05, 3.63) is 47.7 Å². The van der Waals surface area contributed by atoms with Gasteiger partial charge in [0.15, 0.2) is 18.7 Å². The number of carboxylic acid groups (broad SMARTS) is 1. The quantitative estimate of drug-likeness (QED) is 0.0581. The maximum absolute atomic E-state index is 14.1. The summed E-state index contributed by atoms with van der Waals surface area (Å²) in [6.07, 6.45) is -33.2. The fourth-order valence-electron chi connectivity index (χ4n) is 9.10. The molecule has 18 unspecified atom stereocenters. The lowest BCUT2D eigenvalue weighted by Gasteiger charge is -2.51. The Bertz CT molecular complexity index is 2240. The van der Waals surface area contributed by atoms with Crippen molar-refractivity contribution >= 4 is 29.7 Å². The first kappa shape index (κ1) is 57.9. The molecule has 6 rings (SSSR count). The molecule has 1 aromatic carbocycles. The third kappa shape index (κ3) is 13.2. The molecule has 4 fully saturated rings. The number of carboxylic acids is 1. The molecule has 3 aliphatic heterocycles. The van der Waals surface area contributed by atoms with E-state index in [1.165, 1.54) is 31.2 Å². The average molecular weight is 1060 g/mol. The van der Waals surface area contributed by atoms with E-state index in [2.05, 4.69) is 25.9 Å². The number of hydrogen-bond donors (Lipinski definition) is 16. The molecule has 412 valence electrons. The molecule has 1 saturated carbocycles. The van der Waals surface area contributed by atoms with E-state index in [1.54, 1.807) is 6.07 Å². The maximum Gasteiger partial charge on any atom is 0.364 e. The van der Waals surface area contributed by atoms with E-state index in [0.717, 1.165) is 13.0 Å². The van der Waals surface area contributed by atoms with Crippen molar-refractivity contribution < 1.29 is 118 Å². The minimum Gasteiger partial charge on any atom is -0.493 e. The summed E-state index contributed by atoms with van der Waals surface area (Å²) in [4.78, 5) is 74.4. The fourth-order valence-corrected chi connectivity index (χ4v) is 9.10. The van der Waals surface area contributed by atoms with Crippen molar-refractivity contribution in [2.45, 2.75) is 149 Å². The Labute approximate surface area is 419 Å². The van der Waals surface area contributed by atoms with Crippen LogP contribution >= 0.6 is 0 Å². The van der Waals surface area contributed by atoms with Gasteiger partial charge in [-0.15, -0.1) is 0 Å². The van der Waals surface area contributed by atoms with E-state index in [-0.39, 0.29) is 25.1 Å². The van der Waals surface area contributed by atoms with Gasteiger partial charge in [0, 0.05) is 38.4 Å². The molecule has 4 aliphatic rings. The van der Waals surface area contributed by atoms with Crippen molar-refractivity contribution in [3.63, 3.8) is 0 Å². The van der Waals surface area contributed by atoms with Gasteiger partial charge in [0.1, 0.15) is 66.7 Å². The Morgan fingerprint density at radius 3 is 2.20 bits per heavy atom. The summed E-state index contributed by atoms with van der Waals surface area (Å²) in [7, 11) is 0.